The maximum absolute atomic E-state index is 13.4. The van der Waals surface area contributed by atoms with Crippen molar-refractivity contribution >= 4 is 23.2 Å². The fourth-order valence-electron chi connectivity index (χ4n) is 2.84. The summed E-state index contributed by atoms with van der Waals surface area (Å²) < 4.78 is 16.8. The molecule has 1 amide bonds. The molecule has 0 bridgehead atoms. The lowest BCUT2D eigenvalue weighted by Gasteiger charge is -2.10. The number of amides is 1. The predicted molar refractivity (Wildman–Crippen MR) is 104 cm³/mol. The van der Waals surface area contributed by atoms with Gasteiger partial charge in [-0.1, -0.05) is 41.1 Å². The van der Waals surface area contributed by atoms with E-state index < -0.39 is 11.7 Å². The number of halogens is 2. The zero-order valence-electron chi connectivity index (χ0n) is 14.6. The molecule has 0 radical (unpaired) electrons. The number of hydrogen-bond donors (Lipinski definition) is 1. The highest BCUT2D eigenvalue weighted by molar-refractivity contribution is 6.31. The molecular weight excluding hydrogens is 381 g/mol. The van der Waals surface area contributed by atoms with Gasteiger partial charge in [-0.3, -0.25) is 4.79 Å². The molecule has 28 heavy (non-hydrogen) atoms. The fraction of sp³-hybridized carbons (Fsp3) is 0.0500. The molecular formula is C20H15ClFN5O. The number of benzene rings is 2. The van der Waals surface area contributed by atoms with Crippen molar-refractivity contribution < 1.29 is 9.18 Å². The molecule has 1 N–H and O–H groups in total. The van der Waals surface area contributed by atoms with Gasteiger partial charge in [0.15, 0.2) is 11.5 Å². The Morgan fingerprint density at radius 3 is 2.61 bits per heavy atom. The maximum atomic E-state index is 13.4. The second-order valence-electron chi connectivity index (χ2n) is 6.07. The second-order valence-corrected chi connectivity index (χ2v) is 6.47. The Bertz CT molecular complexity index is 1120. The van der Waals surface area contributed by atoms with Gasteiger partial charge in [-0.2, -0.15) is 0 Å². The van der Waals surface area contributed by atoms with E-state index in [1.54, 1.807) is 33.8 Å². The summed E-state index contributed by atoms with van der Waals surface area (Å²) >= 11 is 6.26. The summed E-state index contributed by atoms with van der Waals surface area (Å²) in [5.74, 6) is -0.440. The Labute approximate surface area is 165 Å². The first-order chi connectivity index (χ1) is 13.6. The van der Waals surface area contributed by atoms with Gasteiger partial charge in [0, 0.05) is 23.1 Å². The first-order valence-electron chi connectivity index (χ1n) is 8.49. The third-order valence-electron chi connectivity index (χ3n) is 4.13. The number of nitrogens with zero attached hydrogens (tertiary/aromatic N) is 4. The highest BCUT2D eigenvalue weighted by Crippen LogP contribution is 2.20. The number of carbonyl (C=O) groups is 1. The molecule has 4 rings (SSSR count). The number of rotatable bonds is 5. The van der Waals surface area contributed by atoms with Crippen molar-refractivity contribution in [2.75, 3.05) is 5.32 Å². The van der Waals surface area contributed by atoms with Crippen LogP contribution < -0.4 is 5.32 Å². The summed E-state index contributed by atoms with van der Waals surface area (Å²) in [7, 11) is 0. The molecule has 0 atom stereocenters. The Hall–Kier alpha value is -3.45. The van der Waals surface area contributed by atoms with E-state index in [9.17, 15) is 9.18 Å². The predicted octanol–water partition coefficient (Wildman–Crippen LogP) is 4.16. The molecule has 0 saturated heterocycles. The Morgan fingerprint density at radius 2 is 1.86 bits per heavy atom. The zero-order chi connectivity index (χ0) is 19.5. The second kappa shape index (κ2) is 7.66. The van der Waals surface area contributed by atoms with Gasteiger partial charge in [-0.15, -0.1) is 5.10 Å². The summed E-state index contributed by atoms with van der Waals surface area (Å²) in [6.45, 7) is 0.341. The summed E-state index contributed by atoms with van der Waals surface area (Å²) in [5, 5.41) is 11.5. The molecule has 4 aromatic rings. The molecule has 2 heterocycles. The van der Waals surface area contributed by atoms with Crippen LogP contribution in [0.25, 0.3) is 5.82 Å². The van der Waals surface area contributed by atoms with Crippen molar-refractivity contribution in [3.05, 3.63) is 95.2 Å². The molecule has 2 aromatic carbocycles. The molecule has 0 fully saturated rings. The Balaban J connectivity index is 1.71. The normalized spacial score (nSPS) is 10.8. The van der Waals surface area contributed by atoms with Crippen LogP contribution >= 0.6 is 11.6 Å². The lowest BCUT2D eigenvalue weighted by Crippen LogP contribution is -2.16. The summed E-state index contributed by atoms with van der Waals surface area (Å²) in [6, 6.07) is 16.7. The van der Waals surface area contributed by atoms with Crippen LogP contribution in [0, 0.1) is 5.82 Å². The van der Waals surface area contributed by atoms with Crippen LogP contribution in [0.2, 0.25) is 5.02 Å². The first-order valence-corrected chi connectivity index (χ1v) is 8.87. The number of hydrogen-bond acceptors (Lipinski definition) is 3. The van der Waals surface area contributed by atoms with Crippen LogP contribution in [0.3, 0.4) is 0 Å². The highest BCUT2D eigenvalue weighted by atomic mass is 35.5. The van der Waals surface area contributed by atoms with Gasteiger partial charge in [0.2, 0.25) is 0 Å². The van der Waals surface area contributed by atoms with Crippen molar-refractivity contribution in [1.29, 1.82) is 0 Å². The van der Waals surface area contributed by atoms with Gasteiger partial charge in [0.25, 0.3) is 5.91 Å². The van der Waals surface area contributed by atoms with Crippen molar-refractivity contribution in [1.82, 2.24) is 19.6 Å². The number of nitrogens with one attached hydrogen (secondary N) is 1. The SMILES string of the molecule is O=C(Nc1cccc(F)c1)c1nnn(Cc2ccccc2Cl)c1-n1cccc1. The van der Waals surface area contributed by atoms with Crippen molar-refractivity contribution in [2.45, 2.75) is 6.54 Å². The minimum Gasteiger partial charge on any atom is -0.320 e. The lowest BCUT2D eigenvalue weighted by atomic mass is 10.2. The molecule has 0 spiro atoms. The van der Waals surface area contributed by atoms with Gasteiger partial charge < -0.3 is 9.88 Å². The molecule has 0 aliphatic carbocycles. The molecule has 6 nitrogen and oxygen atoms in total. The average molecular weight is 396 g/mol. The Kier molecular flexibility index (Phi) is 4.90. The van der Waals surface area contributed by atoms with E-state index in [1.165, 1.54) is 18.2 Å². The molecule has 2 aromatic heterocycles. The van der Waals surface area contributed by atoms with E-state index in [-0.39, 0.29) is 5.69 Å². The fourth-order valence-corrected chi connectivity index (χ4v) is 3.03. The van der Waals surface area contributed by atoms with Crippen LogP contribution in [0.5, 0.6) is 0 Å². The van der Waals surface area contributed by atoms with Gasteiger partial charge >= 0.3 is 0 Å². The smallest absolute Gasteiger partial charge is 0.280 e. The standard InChI is InChI=1S/C20H15ClFN5O/c21-17-9-2-1-6-14(17)13-27-20(26-10-3-4-11-26)18(24-25-27)19(28)23-16-8-5-7-15(22)12-16/h1-12H,13H2,(H,23,28). The average Bonchev–Trinajstić information content (AvgIpc) is 3.33. The van der Waals surface area contributed by atoms with Crippen LogP contribution in [-0.2, 0) is 6.54 Å². The summed E-state index contributed by atoms with van der Waals surface area (Å²) in [5.41, 5.74) is 1.30. The van der Waals surface area contributed by atoms with Crippen LogP contribution in [-0.4, -0.2) is 25.5 Å². The first kappa shape index (κ1) is 17.9. The van der Waals surface area contributed by atoms with E-state index in [2.05, 4.69) is 15.6 Å². The van der Waals surface area contributed by atoms with E-state index >= 15 is 0 Å². The monoisotopic (exact) mass is 395 g/mol. The number of carbonyl (C=O) groups excluding carboxylic acids is 1. The van der Waals surface area contributed by atoms with E-state index in [0.717, 1.165) is 5.56 Å². The minimum atomic E-state index is -0.486. The molecule has 8 heteroatoms. The lowest BCUT2D eigenvalue weighted by molar-refractivity contribution is 0.102. The molecule has 0 aliphatic heterocycles. The van der Waals surface area contributed by atoms with Gasteiger partial charge in [0.05, 0.1) is 6.54 Å². The van der Waals surface area contributed by atoms with Crippen molar-refractivity contribution in [3.63, 3.8) is 0 Å². The van der Waals surface area contributed by atoms with Crippen LogP contribution in [0.4, 0.5) is 10.1 Å². The third-order valence-corrected chi connectivity index (χ3v) is 4.50. The van der Waals surface area contributed by atoms with E-state index in [4.69, 9.17) is 11.6 Å². The van der Waals surface area contributed by atoms with Gasteiger partial charge in [-0.25, -0.2) is 9.07 Å². The maximum Gasteiger partial charge on any atom is 0.280 e. The topological polar surface area (TPSA) is 64.7 Å². The Morgan fingerprint density at radius 1 is 1.07 bits per heavy atom. The van der Waals surface area contributed by atoms with E-state index in [0.29, 0.717) is 23.1 Å². The van der Waals surface area contributed by atoms with Crippen LogP contribution in [0.1, 0.15) is 16.1 Å². The minimum absolute atomic E-state index is 0.118. The highest BCUT2D eigenvalue weighted by Gasteiger charge is 2.22. The van der Waals surface area contributed by atoms with Crippen LogP contribution in [0.15, 0.2) is 73.1 Å². The van der Waals surface area contributed by atoms with Crippen molar-refractivity contribution in [2.24, 2.45) is 0 Å². The van der Waals surface area contributed by atoms with Gasteiger partial charge in [-0.05, 0) is 42.0 Å². The number of anilines is 1. The number of aromatic nitrogens is 4. The summed E-state index contributed by atoms with van der Waals surface area (Å²) in [4.78, 5) is 12.8. The summed E-state index contributed by atoms with van der Waals surface area (Å²) in [6.07, 6.45) is 3.58. The van der Waals surface area contributed by atoms with Gasteiger partial charge in [0.1, 0.15) is 5.82 Å². The third kappa shape index (κ3) is 3.65. The van der Waals surface area contributed by atoms with E-state index in [1.807, 2.05) is 30.3 Å². The molecule has 0 aliphatic rings. The molecule has 0 saturated carbocycles. The zero-order valence-corrected chi connectivity index (χ0v) is 15.3. The van der Waals surface area contributed by atoms with Crippen molar-refractivity contribution in [3.8, 4) is 5.82 Å². The quantitative estimate of drug-likeness (QED) is 0.551. The largest absolute Gasteiger partial charge is 0.320 e. The molecule has 140 valence electrons. The molecule has 0 unspecified atom stereocenters.